The van der Waals surface area contributed by atoms with Gasteiger partial charge in [-0.25, -0.2) is 0 Å². The van der Waals surface area contributed by atoms with Gasteiger partial charge in [-0.05, 0) is 43.2 Å². The summed E-state index contributed by atoms with van der Waals surface area (Å²) >= 11 is 0. The molecule has 1 unspecified atom stereocenters. The summed E-state index contributed by atoms with van der Waals surface area (Å²) in [6.45, 7) is 3.74. The van der Waals surface area contributed by atoms with Crippen LogP contribution < -0.4 is 0 Å². The van der Waals surface area contributed by atoms with Crippen LogP contribution in [-0.4, -0.2) is 0 Å². The zero-order chi connectivity index (χ0) is 11.2. The Balaban J connectivity index is 1.72. The van der Waals surface area contributed by atoms with Gasteiger partial charge < -0.3 is 0 Å². The van der Waals surface area contributed by atoms with E-state index in [1.807, 2.05) is 6.08 Å². The monoisotopic (exact) mass is 212 g/mol. The van der Waals surface area contributed by atoms with Crippen molar-refractivity contribution in [2.24, 2.45) is 0 Å². The summed E-state index contributed by atoms with van der Waals surface area (Å²) in [5.74, 6) is 0.690. The average Bonchev–Trinajstić information content (AvgIpc) is 2.28. The molecule has 0 bridgehead atoms. The number of unbranched alkanes of at least 4 members (excludes halogenated alkanes) is 3. The molecule has 1 aromatic rings. The lowest BCUT2D eigenvalue weighted by Crippen LogP contribution is -2.14. The Morgan fingerprint density at radius 2 is 2.00 bits per heavy atom. The molecule has 16 heavy (non-hydrogen) atoms. The summed E-state index contributed by atoms with van der Waals surface area (Å²) in [7, 11) is 0. The Hall–Kier alpha value is -1.30. The SMILES string of the molecule is C=CCCCCC=CC1Cc2ccccc21. The quantitative estimate of drug-likeness (QED) is 0.476. The summed E-state index contributed by atoms with van der Waals surface area (Å²) in [5.41, 5.74) is 3.06. The molecular weight excluding hydrogens is 192 g/mol. The van der Waals surface area contributed by atoms with E-state index in [0.29, 0.717) is 5.92 Å². The fourth-order valence-corrected chi connectivity index (χ4v) is 2.28. The highest BCUT2D eigenvalue weighted by atomic mass is 14.3. The maximum absolute atomic E-state index is 3.74. The molecule has 0 amide bonds. The summed E-state index contributed by atoms with van der Waals surface area (Å²) in [5, 5.41) is 0. The van der Waals surface area contributed by atoms with Crippen LogP contribution in [0.15, 0.2) is 49.1 Å². The van der Waals surface area contributed by atoms with Crippen LogP contribution >= 0.6 is 0 Å². The fraction of sp³-hybridized carbons (Fsp3) is 0.375. The molecule has 0 heterocycles. The highest BCUT2D eigenvalue weighted by Crippen LogP contribution is 2.35. The lowest BCUT2D eigenvalue weighted by atomic mass is 9.77. The molecule has 2 rings (SSSR count). The minimum atomic E-state index is 0.690. The molecule has 0 N–H and O–H groups in total. The van der Waals surface area contributed by atoms with Gasteiger partial charge in [-0.2, -0.15) is 0 Å². The zero-order valence-electron chi connectivity index (χ0n) is 9.86. The van der Waals surface area contributed by atoms with E-state index in [1.165, 1.54) is 36.8 Å². The highest BCUT2D eigenvalue weighted by molar-refractivity contribution is 5.42. The van der Waals surface area contributed by atoms with Crippen LogP contribution in [0.1, 0.15) is 42.7 Å². The molecule has 1 aromatic carbocycles. The lowest BCUT2D eigenvalue weighted by molar-refractivity contribution is 0.718. The van der Waals surface area contributed by atoms with Crippen LogP contribution in [0.3, 0.4) is 0 Å². The maximum Gasteiger partial charge on any atom is 0.00612 e. The standard InChI is InChI=1S/C16H20/c1-2-3-4-5-6-7-10-14-13-15-11-8-9-12-16(14)15/h2,7-12,14H,1,3-6,13H2. The van der Waals surface area contributed by atoms with Gasteiger partial charge in [-0.15, -0.1) is 6.58 Å². The third kappa shape index (κ3) is 2.63. The van der Waals surface area contributed by atoms with Crippen molar-refractivity contribution in [2.45, 2.75) is 38.0 Å². The van der Waals surface area contributed by atoms with Gasteiger partial charge in [0, 0.05) is 5.92 Å². The molecular formula is C16H20. The second kappa shape index (κ2) is 5.69. The fourth-order valence-electron chi connectivity index (χ4n) is 2.28. The summed E-state index contributed by atoms with van der Waals surface area (Å²) in [4.78, 5) is 0. The van der Waals surface area contributed by atoms with Crippen molar-refractivity contribution in [3.8, 4) is 0 Å². The molecule has 0 saturated carbocycles. The third-order valence-corrected chi connectivity index (χ3v) is 3.29. The van der Waals surface area contributed by atoms with E-state index in [0.717, 1.165) is 6.42 Å². The summed E-state index contributed by atoms with van der Waals surface area (Å²) in [6.07, 6.45) is 12.9. The number of fused-ring (bicyclic) bond motifs is 1. The Morgan fingerprint density at radius 3 is 2.81 bits per heavy atom. The van der Waals surface area contributed by atoms with Crippen molar-refractivity contribution in [1.82, 2.24) is 0 Å². The lowest BCUT2D eigenvalue weighted by Gasteiger charge is -2.27. The molecule has 1 atom stereocenters. The van der Waals surface area contributed by atoms with Crippen molar-refractivity contribution in [1.29, 1.82) is 0 Å². The molecule has 0 fully saturated rings. The van der Waals surface area contributed by atoms with Crippen LogP contribution in [-0.2, 0) is 6.42 Å². The van der Waals surface area contributed by atoms with E-state index in [9.17, 15) is 0 Å². The van der Waals surface area contributed by atoms with E-state index in [-0.39, 0.29) is 0 Å². The van der Waals surface area contributed by atoms with Gasteiger partial charge >= 0.3 is 0 Å². The Morgan fingerprint density at radius 1 is 1.19 bits per heavy atom. The molecule has 0 nitrogen and oxygen atoms in total. The van der Waals surface area contributed by atoms with Crippen molar-refractivity contribution in [2.75, 3.05) is 0 Å². The van der Waals surface area contributed by atoms with Gasteiger partial charge in [0.15, 0.2) is 0 Å². The molecule has 1 aliphatic rings. The molecule has 0 heteroatoms. The van der Waals surface area contributed by atoms with E-state index in [1.54, 1.807) is 0 Å². The van der Waals surface area contributed by atoms with Crippen LogP contribution in [0, 0.1) is 0 Å². The molecule has 1 aliphatic carbocycles. The van der Waals surface area contributed by atoms with Gasteiger partial charge in [-0.3, -0.25) is 0 Å². The average molecular weight is 212 g/mol. The van der Waals surface area contributed by atoms with E-state index in [4.69, 9.17) is 0 Å². The number of allylic oxidation sites excluding steroid dienone is 3. The van der Waals surface area contributed by atoms with Crippen LogP contribution in [0.2, 0.25) is 0 Å². The molecule has 0 aromatic heterocycles. The minimum absolute atomic E-state index is 0.690. The smallest absolute Gasteiger partial charge is 0.00612 e. The molecule has 0 aliphatic heterocycles. The van der Waals surface area contributed by atoms with Gasteiger partial charge in [-0.1, -0.05) is 42.5 Å². The summed E-state index contributed by atoms with van der Waals surface area (Å²) < 4.78 is 0. The highest BCUT2D eigenvalue weighted by Gasteiger charge is 2.22. The number of benzene rings is 1. The predicted octanol–water partition coefficient (Wildman–Crippen LogP) is 4.63. The second-order valence-electron chi connectivity index (χ2n) is 4.51. The van der Waals surface area contributed by atoms with Crippen molar-refractivity contribution < 1.29 is 0 Å². The number of hydrogen-bond acceptors (Lipinski definition) is 0. The zero-order valence-corrected chi connectivity index (χ0v) is 9.86. The Kier molecular flexibility index (Phi) is 3.98. The molecule has 0 radical (unpaired) electrons. The second-order valence-corrected chi connectivity index (χ2v) is 4.51. The normalized spacial score (nSPS) is 18.1. The van der Waals surface area contributed by atoms with Crippen molar-refractivity contribution in [3.63, 3.8) is 0 Å². The first-order valence-electron chi connectivity index (χ1n) is 6.27. The third-order valence-electron chi connectivity index (χ3n) is 3.29. The maximum atomic E-state index is 3.74. The largest absolute Gasteiger partial charge is 0.103 e. The van der Waals surface area contributed by atoms with Crippen molar-refractivity contribution >= 4 is 0 Å². The molecule has 0 saturated heterocycles. The Labute approximate surface area is 98.7 Å². The number of hydrogen-bond donors (Lipinski definition) is 0. The Bertz CT molecular complexity index is 373. The van der Waals surface area contributed by atoms with Gasteiger partial charge in [0.25, 0.3) is 0 Å². The minimum Gasteiger partial charge on any atom is -0.103 e. The van der Waals surface area contributed by atoms with Crippen LogP contribution in [0.4, 0.5) is 0 Å². The first-order chi connectivity index (χ1) is 7.92. The predicted molar refractivity (Wildman–Crippen MR) is 70.7 cm³/mol. The van der Waals surface area contributed by atoms with Gasteiger partial charge in [0.05, 0.1) is 0 Å². The van der Waals surface area contributed by atoms with E-state index in [2.05, 4.69) is 43.0 Å². The van der Waals surface area contributed by atoms with Crippen LogP contribution in [0.5, 0.6) is 0 Å². The van der Waals surface area contributed by atoms with E-state index >= 15 is 0 Å². The van der Waals surface area contributed by atoms with E-state index < -0.39 is 0 Å². The molecule has 84 valence electrons. The first-order valence-corrected chi connectivity index (χ1v) is 6.27. The van der Waals surface area contributed by atoms with Gasteiger partial charge in [0.2, 0.25) is 0 Å². The topological polar surface area (TPSA) is 0 Å². The number of rotatable bonds is 6. The summed E-state index contributed by atoms with van der Waals surface area (Å²) in [6, 6.07) is 8.77. The van der Waals surface area contributed by atoms with Crippen LogP contribution in [0.25, 0.3) is 0 Å². The molecule has 0 spiro atoms. The first kappa shape index (κ1) is 11.2. The van der Waals surface area contributed by atoms with Crippen molar-refractivity contribution in [3.05, 3.63) is 60.2 Å². The van der Waals surface area contributed by atoms with Gasteiger partial charge in [0.1, 0.15) is 0 Å².